The molecule has 3 aromatic rings. The van der Waals surface area contributed by atoms with Crippen LogP contribution in [0.4, 0.5) is 0 Å². The van der Waals surface area contributed by atoms with Crippen molar-refractivity contribution < 1.29 is 5.11 Å². The molecule has 17 heavy (non-hydrogen) atoms. The Morgan fingerprint density at radius 1 is 1.12 bits per heavy atom. The normalized spacial score (nSPS) is 10.9. The summed E-state index contributed by atoms with van der Waals surface area (Å²) in [6.45, 7) is -0.0721. The number of fused-ring (bicyclic) bond motifs is 1. The van der Waals surface area contributed by atoms with Crippen molar-refractivity contribution >= 4 is 11.0 Å². The quantitative estimate of drug-likeness (QED) is 0.715. The average Bonchev–Trinajstić information content (AvgIpc) is 2.82. The van der Waals surface area contributed by atoms with Gasteiger partial charge >= 0.3 is 0 Å². The minimum absolute atomic E-state index is 0.0721. The van der Waals surface area contributed by atoms with Crippen molar-refractivity contribution in [2.75, 3.05) is 0 Å². The Labute approximate surface area is 97.3 Å². The Kier molecular flexibility index (Phi) is 2.31. The summed E-state index contributed by atoms with van der Waals surface area (Å²) in [4.78, 5) is 4.24. The lowest BCUT2D eigenvalue weighted by Gasteiger charge is -2.05. The first kappa shape index (κ1) is 9.92. The number of para-hydroxylation sites is 1. The summed E-state index contributed by atoms with van der Waals surface area (Å²) >= 11 is 0. The number of hydrogen-bond acceptors (Lipinski definition) is 4. The predicted octanol–water partition coefficient (Wildman–Crippen LogP) is 1.31. The van der Waals surface area contributed by atoms with Crippen LogP contribution in [0.25, 0.3) is 16.9 Å². The lowest BCUT2D eigenvalue weighted by atomic mass is 10.2. The van der Waals surface area contributed by atoms with Crippen molar-refractivity contribution in [1.29, 1.82) is 0 Å². The van der Waals surface area contributed by atoms with Gasteiger partial charge in [0.2, 0.25) is 0 Å². The van der Waals surface area contributed by atoms with E-state index >= 15 is 0 Å². The van der Waals surface area contributed by atoms with Gasteiger partial charge in [-0.25, -0.2) is 4.98 Å². The summed E-state index contributed by atoms with van der Waals surface area (Å²) in [6.07, 6.45) is 1.67. The van der Waals surface area contributed by atoms with E-state index in [1.165, 1.54) is 0 Å². The predicted molar refractivity (Wildman–Crippen MR) is 62.6 cm³/mol. The van der Waals surface area contributed by atoms with Gasteiger partial charge < -0.3 is 5.11 Å². The van der Waals surface area contributed by atoms with Crippen LogP contribution in [0.3, 0.4) is 0 Å². The van der Waals surface area contributed by atoms with Gasteiger partial charge in [0, 0.05) is 11.8 Å². The molecule has 1 aromatic carbocycles. The van der Waals surface area contributed by atoms with Gasteiger partial charge in [-0.1, -0.05) is 23.4 Å². The topological polar surface area (TPSA) is 63.8 Å². The highest BCUT2D eigenvalue weighted by Gasteiger charge is 2.10. The molecule has 0 amide bonds. The van der Waals surface area contributed by atoms with Crippen molar-refractivity contribution in [2.45, 2.75) is 6.61 Å². The number of nitrogens with zero attached hydrogens (tertiary/aromatic N) is 4. The smallest absolute Gasteiger partial charge is 0.161 e. The van der Waals surface area contributed by atoms with E-state index in [-0.39, 0.29) is 6.61 Å². The molecule has 0 aliphatic carbocycles. The Bertz CT molecular complexity index is 662. The number of hydrogen-bond donors (Lipinski definition) is 1. The Morgan fingerprint density at radius 2 is 2.00 bits per heavy atom. The molecule has 2 aromatic heterocycles. The molecule has 5 nitrogen and oxygen atoms in total. The number of pyridine rings is 1. The zero-order chi connectivity index (χ0) is 11.7. The third-order valence-electron chi connectivity index (χ3n) is 2.59. The van der Waals surface area contributed by atoms with Gasteiger partial charge in [0.25, 0.3) is 0 Å². The minimum atomic E-state index is -0.0721. The average molecular weight is 226 g/mol. The molecule has 0 saturated heterocycles. The number of aliphatic hydroxyl groups is 1. The lowest BCUT2D eigenvalue weighted by Crippen LogP contribution is -2.04. The monoisotopic (exact) mass is 226 g/mol. The molecule has 0 fully saturated rings. The number of aromatic nitrogens is 4. The van der Waals surface area contributed by atoms with Gasteiger partial charge in [-0.3, -0.25) is 0 Å². The zero-order valence-electron chi connectivity index (χ0n) is 8.98. The molecule has 0 saturated carbocycles. The van der Waals surface area contributed by atoms with Gasteiger partial charge in [-0.2, -0.15) is 4.68 Å². The summed E-state index contributed by atoms with van der Waals surface area (Å²) in [7, 11) is 0. The SMILES string of the molecule is OCc1cccnc1-n1nnc2ccccc21. The summed E-state index contributed by atoms with van der Waals surface area (Å²) < 4.78 is 1.64. The second kappa shape index (κ2) is 3.95. The van der Waals surface area contributed by atoms with E-state index in [4.69, 9.17) is 0 Å². The minimum Gasteiger partial charge on any atom is -0.392 e. The molecule has 0 aliphatic heterocycles. The molecule has 0 atom stereocenters. The zero-order valence-corrected chi connectivity index (χ0v) is 8.98. The maximum absolute atomic E-state index is 9.29. The second-order valence-corrected chi connectivity index (χ2v) is 3.63. The summed E-state index contributed by atoms with van der Waals surface area (Å²) in [5.74, 6) is 0.615. The first-order valence-corrected chi connectivity index (χ1v) is 5.26. The first-order chi connectivity index (χ1) is 8.40. The highest BCUT2D eigenvalue weighted by molar-refractivity contribution is 5.75. The van der Waals surface area contributed by atoms with E-state index in [0.717, 1.165) is 16.6 Å². The van der Waals surface area contributed by atoms with Crippen molar-refractivity contribution in [3.63, 3.8) is 0 Å². The fourth-order valence-corrected chi connectivity index (χ4v) is 1.77. The van der Waals surface area contributed by atoms with Gasteiger partial charge in [0.1, 0.15) is 5.52 Å². The summed E-state index contributed by atoms with van der Waals surface area (Å²) in [5, 5.41) is 17.4. The third kappa shape index (κ3) is 1.57. The third-order valence-corrected chi connectivity index (χ3v) is 2.59. The fraction of sp³-hybridized carbons (Fsp3) is 0.0833. The largest absolute Gasteiger partial charge is 0.392 e. The first-order valence-electron chi connectivity index (χ1n) is 5.26. The lowest BCUT2D eigenvalue weighted by molar-refractivity contribution is 0.281. The van der Waals surface area contributed by atoms with E-state index in [1.807, 2.05) is 30.3 Å². The van der Waals surface area contributed by atoms with Crippen LogP contribution in [-0.4, -0.2) is 25.1 Å². The van der Waals surface area contributed by atoms with Gasteiger partial charge in [0.05, 0.1) is 12.1 Å². The van der Waals surface area contributed by atoms with Gasteiger partial charge in [-0.05, 0) is 18.2 Å². The molecule has 84 valence electrons. The molecular weight excluding hydrogens is 216 g/mol. The highest BCUT2D eigenvalue weighted by atomic mass is 16.3. The number of benzene rings is 1. The van der Waals surface area contributed by atoms with Crippen LogP contribution in [0.5, 0.6) is 0 Å². The Hall–Kier alpha value is -2.27. The highest BCUT2D eigenvalue weighted by Crippen LogP contribution is 2.17. The molecule has 0 unspecified atom stereocenters. The standard InChI is InChI=1S/C12H10N4O/c17-8-9-4-3-7-13-12(9)16-11-6-2-1-5-10(11)14-15-16/h1-7,17H,8H2. The fourth-order valence-electron chi connectivity index (χ4n) is 1.77. The van der Waals surface area contributed by atoms with Crippen molar-refractivity contribution in [3.05, 3.63) is 48.2 Å². The maximum atomic E-state index is 9.29. The molecule has 0 spiro atoms. The van der Waals surface area contributed by atoms with Gasteiger partial charge in [-0.15, -0.1) is 5.10 Å². The molecule has 1 N–H and O–H groups in total. The number of rotatable bonds is 2. The van der Waals surface area contributed by atoms with E-state index in [1.54, 1.807) is 16.9 Å². The summed E-state index contributed by atoms with van der Waals surface area (Å²) in [5.41, 5.74) is 2.41. The molecule has 0 aliphatic rings. The van der Waals surface area contributed by atoms with E-state index in [0.29, 0.717) is 5.82 Å². The molecule has 5 heteroatoms. The second-order valence-electron chi connectivity index (χ2n) is 3.63. The van der Waals surface area contributed by atoms with Crippen LogP contribution in [0.1, 0.15) is 5.56 Å². The van der Waals surface area contributed by atoms with Crippen molar-refractivity contribution in [1.82, 2.24) is 20.0 Å². The maximum Gasteiger partial charge on any atom is 0.161 e. The van der Waals surface area contributed by atoms with E-state index in [9.17, 15) is 5.11 Å². The van der Waals surface area contributed by atoms with Crippen molar-refractivity contribution in [2.24, 2.45) is 0 Å². The molecule has 0 bridgehead atoms. The van der Waals surface area contributed by atoms with Crippen LogP contribution in [-0.2, 0) is 6.61 Å². The molecule has 0 radical (unpaired) electrons. The van der Waals surface area contributed by atoms with Crippen LogP contribution in [0.15, 0.2) is 42.6 Å². The molecule has 3 rings (SSSR count). The van der Waals surface area contributed by atoms with Crippen LogP contribution in [0, 0.1) is 0 Å². The molecular formula is C12H10N4O. The Morgan fingerprint density at radius 3 is 2.88 bits per heavy atom. The van der Waals surface area contributed by atoms with Crippen molar-refractivity contribution in [3.8, 4) is 5.82 Å². The van der Waals surface area contributed by atoms with Crippen LogP contribution >= 0.6 is 0 Å². The van der Waals surface area contributed by atoms with E-state index in [2.05, 4.69) is 15.3 Å². The summed E-state index contributed by atoms with van der Waals surface area (Å²) in [6, 6.07) is 11.2. The Balaban J connectivity index is 2.27. The van der Waals surface area contributed by atoms with Gasteiger partial charge in [0.15, 0.2) is 5.82 Å². The van der Waals surface area contributed by atoms with Crippen LogP contribution in [0.2, 0.25) is 0 Å². The van der Waals surface area contributed by atoms with Crippen LogP contribution < -0.4 is 0 Å². The molecule has 2 heterocycles. The van der Waals surface area contributed by atoms with E-state index < -0.39 is 0 Å². The number of aliphatic hydroxyl groups excluding tert-OH is 1.